The van der Waals surface area contributed by atoms with Crippen molar-refractivity contribution in [2.24, 2.45) is 5.92 Å². The second-order valence-corrected chi connectivity index (χ2v) is 8.44. The molecule has 1 atom stereocenters. The van der Waals surface area contributed by atoms with E-state index in [-0.39, 0.29) is 11.4 Å². The second-order valence-electron chi connectivity index (χ2n) is 6.73. The zero-order valence-corrected chi connectivity index (χ0v) is 16.6. The first-order chi connectivity index (χ1) is 12.8. The first-order valence-corrected chi connectivity index (χ1v) is 10.3. The molecule has 2 aromatic rings. The molecule has 0 aliphatic carbocycles. The van der Waals surface area contributed by atoms with Gasteiger partial charge in [-0.3, -0.25) is 4.79 Å². The normalized spacial score (nSPS) is 12.6. The summed E-state index contributed by atoms with van der Waals surface area (Å²) in [7, 11) is -3.74. The third kappa shape index (κ3) is 6.69. The molecule has 7 heteroatoms. The number of hydrogen-bond acceptors (Lipinski definition) is 4. The molecule has 0 fully saturated rings. The van der Waals surface area contributed by atoms with Crippen molar-refractivity contribution in [2.75, 3.05) is 6.61 Å². The van der Waals surface area contributed by atoms with Gasteiger partial charge in [0.25, 0.3) is 0 Å². The summed E-state index contributed by atoms with van der Waals surface area (Å²) in [5.41, 5.74) is 0.878. The predicted molar refractivity (Wildman–Crippen MR) is 105 cm³/mol. The topological polar surface area (TPSA) is 84.5 Å². The molecule has 0 spiro atoms. The predicted octanol–water partition coefficient (Wildman–Crippen LogP) is 2.70. The fourth-order valence-electron chi connectivity index (χ4n) is 2.30. The summed E-state index contributed by atoms with van der Waals surface area (Å²) in [6.45, 7) is 6.56. The van der Waals surface area contributed by atoms with E-state index in [2.05, 4.69) is 23.9 Å². The summed E-state index contributed by atoms with van der Waals surface area (Å²) in [4.78, 5) is 12.4. The van der Waals surface area contributed by atoms with E-state index in [1.54, 1.807) is 18.2 Å². The van der Waals surface area contributed by atoms with Crippen LogP contribution in [0.3, 0.4) is 0 Å². The largest absolute Gasteiger partial charge is 0.493 e. The maximum absolute atomic E-state index is 12.3. The molecular weight excluding hydrogens is 364 g/mol. The van der Waals surface area contributed by atoms with Crippen LogP contribution < -0.4 is 14.8 Å². The third-order valence-corrected chi connectivity index (χ3v) is 5.28. The van der Waals surface area contributed by atoms with E-state index in [9.17, 15) is 13.2 Å². The van der Waals surface area contributed by atoms with Gasteiger partial charge in [0.05, 0.1) is 17.5 Å². The smallest absolute Gasteiger partial charge is 0.241 e. The van der Waals surface area contributed by atoms with E-state index >= 15 is 0 Å². The number of benzene rings is 2. The summed E-state index contributed by atoms with van der Waals surface area (Å²) in [6, 6.07) is 14.5. The van der Waals surface area contributed by atoms with Crippen molar-refractivity contribution < 1.29 is 17.9 Å². The first-order valence-electron chi connectivity index (χ1n) is 8.85. The quantitative estimate of drug-likeness (QED) is 0.689. The molecule has 2 N–H and O–H groups in total. The molecule has 0 bridgehead atoms. The summed E-state index contributed by atoms with van der Waals surface area (Å²) < 4.78 is 32.6. The molecule has 0 saturated carbocycles. The van der Waals surface area contributed by atoms with Gasteiger partial charge < -0.3 is 10.1 Å². The summed E-state index contributed by atoms with van der Waals surface area (Å²) in [5.74, 6) is 0.767. The minimum atomic E-state index is -3.74. The standard InChI is InChI=1S/C20H26N2O4S/c1-15(2)14-26-18-9-7-8-17(12-18)13-21-20(23)16(3)22-27(24,25)19-10-5-4-6-11-19/h4-12,15-16,22H,13-14H2,1-3H3,(H,21,23)/t16-/m0/s1. The van der Waals surface area contributed by atoms with Gasteiger partial charge in [0.15, 0.2) is 0 Å². The molecule has 2 rings (SSSR count). The average Bonchev–Trinajstić information content (AvgIpc) is 2.65. The maximum atomic E-state index is 12.3. The van der Waals surface area contributed by atoms with E-state index in [4.69, 9.17) is 4.74 Å². The van der Waals surface area contributed by atoms with E-state index in [1.165, 1.54) is 19.1 Å². The Morgan fingerprint density at radius 2 is 1.74 bits per heavy atom. The van der Waals surface area contributed by atoms with Gasteiger partial charge in [0.1, 0.15) is 5.75 Å². The zero-order valence-electron chi connectivity index (χ0n) is 15.8. The Morgan fingerprint density at radius 3 is 2.41 bits per heavy atom. The van der Waals surface area contributed by atoms with E-state index in [1.807, 2.05) is 24.3 Å². The highest BCUT2D eigenvalue weighted by molar-refractivity contribution is 7.89. The van der Waals surface area contributed by atoms with Crippen LogP contribution in [0.4, 0.5) is 0 Å². The number of sulfonamides is 1. The van der Waals surface area contributed by atoms with Gasteiger partial charge in [0, 0.05) is 6.54 Å². The van der Waals surface area contributed by atoms with Crippen LogP contribution in [0.2, 0.25) is 0 Å². The monoisotopic (exact) mass is 390 g/mol. The SMILES string of the molecule is CC(C)COc1cccc(CNC(=O)[C@H](C)NS(=O)(=O)c2ccccc2)c1. The molecule has 146 valence electrons. The molecule has 6 nitrogen and oxygen atoms in total. The lowest BCUT2D eigenvalue weighted by molar-refractivity contribution is -0.122. The highest BCUT2D eigenvalue weighted by atomic mass is 32.2. The Hall–Kier alpha value is -2.38. The fourth-order valence-corrected chi connectivity index (χ4v) is 3.53. The number of carbonyl (C=O) groups is 1. The van der Waals surface area contributed by atoms with E-state index < -0.39 is 22.0 Å². The number of nitrogens with one attached hydrogen (secondary N) is 2. The zero-order chi connectivity index (χ0) is 19.9. The Labute approximate surface area is 161 Å². The second kappa shape index (κ2) is 9.53. The number of hydrogen-bond donors (Lipinski definition) is 2. The lowest BCUT2D eigenvalue weighted by Gasteiger charge is -2.15. The van der Waals surface area contributed by atoms with E-state index in [0.29, 0.717) is 12.5 Å². The van der Waals surface area contributed by atoms with Crippen molar-refractivity contribution in [2.45, 2.75) is 38.3 Å². The van der Waals surface area contributed by atoms with E-state index in [0.717, 1.165) is 11.3 Å². The average molecular weight is 391 g/mol. The lowest BCUT2D eigenvalue weighted by atomic mass is 10.2. The van der Waals surface area contributed by atoms with Crippen molar-refractivity contribution in [3.63, 3.8) is 0 Å². The molecule has 0 heterocycles. The molecule has 27 heavy (non-hydrogen) atoms. The number of carbonyl (C=O) groups excluding carboxylic acids is 1. The van der Waals surface area contributed by atoms with Crippen molar-refractivity contribution in [3.05, 3.63) is 60.2 Å². The molecule has 0 radical (unpaired) electrons. The van der Waals surface area contributed by atoms with Crippen LogP contribution in [0.15, 0.2) is 59.5 Å². The van der Waals surface area contributed by atoms with Gasteiger partial charge in [0.2, 0.25) is 15.9 Å². The minimum absolute atomic E-state index is 0.125. The van der Waals surface area contributed by atoms with Gasteiger partial charge in [-0.2, -0.15) is 4.72 Å². The van der Waals surface area contributed by atoms with Crippen LogP contribution in [0, 0.1) is 5.92 Å². The van der Waals surface area contributed by atoms with Gasteiger partial charge in [-0.05, 0) is 42.7 Å². The summed E-state index contributed by atoms with van der Waals surface area (Å²) in [5, 5.41) is 2.74. The van der Waals surface area contributed by atoms with Crippen molar-refractivity contribution in [1.29, 1.82) is 0 Å². The third-order valence-electron chi connectivity index (χ3n) is 3.73. The fraction of sp³-hybridized carbons (Fsp3) is 0.350. The van der Waals surface area contributed by atoms with Crippen molar-refractivity contribution >= 4 is 15.9 Å². The molecule has 0 aliphatic rings. The first kappa shape index (κ1) is 20.9. The molecule has 2 aromatic carbocycles. The highest BCUT2D eigenvalue weighted by Gasteiger charge is 2.21. The molecular formula is C20H26N2O4S. The van der Waals surface area contributed by atoms with Crippen molar-refractivity contribution in [3.8, 4) is 5.75 Å². The molecule has 0 unspecified atom stereocenters. The number of ether oxygens (including phenoxy) is 1. The summed E-state index contributed by atoms with van der Waals surface area (Å²) >= 11 is 0. The Kier molecular flexibility index (Phi) is 7.38. The van der Waals surface area contributed by atoms with Gasteiger partial charge >= 0.3 is 0 Å². The van der Waals surface area contributed by atoms with Gasteiger partial charge in [-0.15, -0.1) is 0 Å². The van der Waals surface area contributed by atoms with Crippen LogP contribution in [0.25, 0.3) is 0 Å². The highest BCUT2D eigenvalue weighted by Crippen LogP contribution is 2.14. The Bertz CT molecular complexity index is 851. The number of amides is 1. The Balaban J connectivity index is 1.91. The summed E-state index contributed by atoms with van der Waals surface area (Å²) in [6.07, 6.45) is 0. The molecule has 0 aromatic heterocycles. The van der Waals surface area contributed by atoms with Crippen LogP contribution >= 0.6 is 0 Å². The Morgan fingerprint density at radius 1 is 1.04 bits per heavy atom. The van der Waals surface area contributed by atoms with Crippen molar-refractivity contribution in [1.82, 2.24) is 10.0 Å². The maximum Gasteiger partial charge on any atom is 0.241 e. The lowest BCUT2D eigenvalue weighted by Crippen LogP contribution is -2.44. The van der Waals surface area contributed by atoms with Gasteiger partial charge in [-0.1, -0.05) is 44.2 Å². The van der Waals surface area contributed by atoms with Crippen LogP contribution in [-0.4, -0.2) is 27.0 Å². The van der Waals surface area contributed by atoms with Gasteiger partial charge in [-0.25, -0.2) is 8.42 Å². The van der Waals surface area contributed by atoms with Crippen LogP contribution in [0.5, 0.6) is 5.75 Å². The van der Waals surface area contributed by atoms with Crippen LogP contribution in [0.1, 0.15) is 26.3 Å². The van der Waals surface area contributed by atoms with Crippen LogP contribution in [-0.2, 0) is 21.4 Å². The minimum Gasteiger partial charge on any atom is -0.493 e. The molecule has 0 aliphatic heterocycles. The number of rotatable bonds is 9. The molecule has 0 saturated heterocycles. The molecule has 1 amide bonds.